The van der Waals surface area contributed by atoms with Gasteiger partial charge in [0, 0.05) is 6.08 Å². The van der Waals surface area contributed by atoms with Gasteiger partial charge in [-0.25, -0.2) is 0 Å². The summed E-state index contributed by atoms with van der Waals surface area (Å²) in [6, 6.07) is 0. The highest BCUT2D eigenvalue weighted by Crippen LogP contribution is 1.86. The second kappa shape index (κ2) is 16.3. The van der Waals surface area contributed by atoms with Crippen molar-refractivity contribution in [1.29, 1.82) is 0 Å². The zero-order valence-electron chi connectivity index (χ0n) is 7.96. The van der Waals surface area contributed by atoms with E-state index in [9.17, 15) is 4.79 Å². The molecule has 0 bridgehead atoms. The van der Waals surface area contributed by atoms with Crippen LogP contribution in [0.25, 0.3) is 0 Å². The Labute approximate surface area is 74.0 Å². The van der Waals surface area contributed by atoms with Gasteiger partial charge in [-0.3, -0.25) is 4.79 Å². The second-order valence-electron chi connectivity index (χ2n) is 1.58. The van der Waals surface area contributed by atoms with E-state index in [2.05, 4.69) is 6.58 Å². The summed E-state index contributed by atoms with van der Waals surface area (Å²) >= 11 is 0. The molecule has 0 fully saturated rings. The van der Waals surface area contributed by atoms with Crippen molar-refractivity contribution < 1.29 is 9.59 Å². The van der Waals surface area contributed by atoms with Gasteiger partial charge in [-0.1, -0.05) is 32.1 Å². The number of carbonyl (C=O) groups excluding carboxylic acids is 2. The van der Waals surface area contributed by atoms with E-state index >= 15 is 0 Å². The summed E-state index contributed by atoms with van der Waals surface area (Å²) in [6.07, 6.45) is 2.85. The van der Waals surface area contributed by atoms with E-state index < -0.39 is 5.91 Å². The van der Waals surface area contributed by atoms with Crippen molar-refractivity contribution in [2.75, 3.05) is 0 Å². The second-order valence-corrected chi connectivity index (χ2v) is 1.58. The van der Waals surface area contributed by atoms with Gasteiger partial charge in [-0.15, -0.1) is 0 Å². The van der Waals surface area contributed by atoms with E-state index in [1.165, 1.54) is 6.08 Å². The predicted octanol–water partition coefficient (Wildman–Crippen LogP) is 1.45. The molecule has 12 heavy (non-hydrogen) atoms. The Bertz CT molecular complexity index is 135. The van der Waals surface area contributed by atoms with E-state index in [0.717, 1.165) is 5.57 Å². The van der Waals surface area contributed by atoms with Crippen molar-refractivity contribution in [3.05, 3.63) is 24.3 Å². The zero-order valence-corrected chi connectivity index (χ0v) is 7.96. The van der Waals surface area contributed by atoms with Gasteiger partial charge in [0.15, 0.2) is 0 Å². The molecule has 0 unspecified atom stereocenters. The molecule has 0 rings (SSSR count). The fourth-order valence-corrected chi connectivity index (χ4v) is 0.224. The molecule has 0 atom stereocenters. The fourth-order valence-electron chi connectivity index (χ4n) is 0.224. The first-order valence-electron chi connectivity index (χ1n) is 3.55. The van der Waals surface area contributed by atoms with E-state index in [1.807, 2.05) is 20.6 Å². The minimum absolute atomic E-state index is 0.437. The third-order valence-electron chi connectivity index (χ3n) is 0.532. The Kier molecular flexibility index (Phi) is 23.0. The number of rotatable bonds is 2. The summed E-state index contributed by atoms with van der Waals surface area (Å²) in [5, 5.41) is 0. The highest BCUT2D eigenvalue weighted by molar-refractivity contribution is 5.86. The zero-order chi connectivity index (χ0) is 10.6. The molecule has 0 aromatic rings. The Morgan fingerprint density at radius 1 is 1.25 bits per heavy atom. The molecule has 1 amide bonds. The van der Waals surface area contributed by atoms with Crippen LogP contribution in [0.4, 0.5) is 0 Å². The normalized spacial score (nSPS) is 7.25. The lowest BCUT2D eigenvalue weighted by molar-refractivity contribution is -0.113. The molecule has 0 aliphatic carbocycles. The summed E-state index contributed by atoms with van der Waals surface area (Å²) in [5.41, 5.74) is 5.60. The summed E-state index contributed by atoms with van der Waals surface area (Å²) in [5.74, 6) is -0.437. The molecule has 0 spiro atoms. The number of allylic oxidation sites excluding steroid dienone is 2. The number of primary amides is 1. The molecule has 2 N–H and O–H groups in total. The van der Waals surface area contributed by atoms with E-state index in [-0.39, 0.29) is 0 Å². The molecule has 0 radical (unpaired) electrons. The van der Waals surface area contributed by atoms with Gasteiger partial charge in [0.25, 0.3) is 0 Å². The Morgan fingerprint density at radius 3 is 1.67 bits per heavy atom. The SMILES string of the molecule is C=C(C)/C=C/C(N)=O.C=O.CC. The summed E-state index contributed by atoms with van der Waals surface area (Å²) < 4.78 is 0. The maximum absolute atomic E-state index is 10.00. The monoisotopic (exact) mass is 171 g/mol. The minimum Gasteiger partial charge on any atom is -0.366 e. The number of hydrogen-bond donors (Lipinski definition) is 1. The topological polar surface area (TPSA) is 60.2 Å². The van der Waals surface area contributed by atoms with Gasteiger partial charge in [0.1, 0.15) is 6.79 Å². The standard InChI is InChI=1S/C6H9NO.C2H6.CH2O/c1-5(2)3-4-6(7)8;2*1-2/h3-4H,1H2,2H3,(H2,7,8);1-2H3;1H2/b4-3+;;. The number of hydrogen-bond acceptors (Lipinski definition) is 2. The minimum atomic E-state index is -0.437. The van der Waals surface area contributed by atoms with Gasteiger partial charge >= 0.3 is 0 Å². The molecule has 0 saturated carbocycles. The largest absolute Gasteiger partial charge is 0.366 e. The van der Waals surface area contributed by atoms with Gasteiger partial charge in [-0.05, 0) is 6.92 Å². The average Bonchev–Trinajstić information content (AvgIpc) is 2.08. The molecule has 0 aromatic heterocycles. The molecule has 3 nitrogen and oxygen atoms in total. The molecule has 0 saturated heterocycles. The van der Waals surface area contributed by atoms with Crippen LogP contribution in [0, 0.1) is 0 Å². The lowest BCUT2D eigenvalue weighted by Gasteiger charge is -1.80. The van der Waals surface area contributed by atoms with Crippen molar-refractivity contribution in [3.63, 3.8) is 0 Å². The van der Waals surface area contributed by atoms with Crippen LogP contribution in [0.3, 0.4) is 0 Å². The third-order valence-corrected chi connectivity index (χ3v) is 0.532. The van der Waals surface area contributed by atoms with Gasteiger partial charge in [0.2, 0.25) is 5.91 Å². The lowest BCUT2D eigenvalue weighted by Crippen LogP contribution is -2.05. The van der Waals surface area contributed by atoms with Crippen LogP contribution in [-0.2, 0) is 9.59 Å². The van der Waals surface area contributed by atoms with Crippen LogP contribution in [0.5, 0.6) is 0 Å². The maximum Gasteiger partial charge on any atom is 0.241 e. The number of carbonyl (C=O) groups is 2. The summed E-state index contributed by atoms with van der Waals surface area (Å²) in [6.45, 7) is 11.3. The Balaban J connectivity index is -0.000000175. The average molecular weight is 171 g/mol. The van der Waals surface area contributed by atoms with Crippen molar-refractivity contribution >= 4 is 12.7 Å². The Hall–Kier alpha value is -1.38. The van der Waals surface area contributed by atoms with Crippen molar-refractivity contribution in [2.24, 2.45) is 5.73 Å². The van der Waals surface area contributed by atoms with Crippen LogP contribution in [0.2, 0.25) is 0 Å². The molecule has 70 valence electrons. The first-order chi connectivity index (χ1) is 5.63. The quantitative estimate of drug-likeness (QED) is 0.505. The number of amides is 1. The fraction of sp³-hybridized carbons (Fsp3) is 0.333. The molecule has 3 heteroatoms. The van der Waals surface area contributed by atoms with Crippen LogP contribution in [0.15, 0.2) is 24.3 Å². The highest BCUT2D eigenvalue weighted by Gasteiger charge is 1.79. The Morgan fingerprint density at radius 2 is 1.58 bits per heavy atom. The molecular formula is C9H17NO2. The van der Waals surface area contributed by atoms with Crippen LogP contribution in [0.1, 0.15) is 20.8 Å². The van der Waals surface area contributed by atoms with Crippen molar-refractivity contribution in [1.82, 2.24) is 0 Å². The molecular weight excluding hydrogens is 154 g/mol. The van der Waals surface area contributed by atoms with Gasteiger partial charge in [0.05, 0.1) is 0 Å². The smallest absolute Gasteiger partial charge is 0.241 e. The first-order valence-corrected chi connectivity index (χ1v) is 3.55. The number of nitrogens with two attached hydrogens (primary N) is 1. The van der Waals surface area contributed by atoms with Gasteiger partial charge in [-0.2, -0.15) is 0 Å². The van der Waals surface area contributed by atoms with Crippen LogP contribution >= 0.6 is 0 Å². The lowest BCUT2D eigenvalue weighted by atomic mass is 10.3. The third kappa shape index (κ3) is 38.2. The van der Waals surface area contributed by atoms with Crippen LogP contribution < -0.4 is 5.73 Å². The van der Waals surface area contributed by atoms with Gasteiger partial charge < -0.3 is 10.5 Å². The van der Waals surface area contributed by atoms with Crippen LogP contribution in [-0.4, -0.2) is 12.7 Å². The molecule has 0 heterocycles. The van der Waals surface area contributed by atoms with Crippen molar-refractivity contribution in [3.8, 4) is 0 Å². The summed E-state index contributed by atoms with van der Waals surface area (Å²) in [4.78, 5) is 18.0. The first kappa shape index (κ1) is 16.9. The molecule has 0 aromatic carbocycles. The molecule has 0 aliphatic rings. The van der Waals surface area contributed by atoms with Crippen molar-refractivity contribution in [2.45, 2.75) is 20.8 Å². The molecule has 0 aliphatic heterocycles. The predicted molar refractivity (Wildman–Crippen MR) is 51.6 cm³/mol. The highest BCUT2D eigenvalue weighted by atomic mass is 16.1. The van der Waals surface area contributed by atoms with E-state index in [0.29, 0.717) is 0 Å². The summed E-state index contributed by atoms with van der Waals surface area (Å²) in [7, 11) is 0. The van der Waals surface area contributed by atoms with E-state index in [1.54, 1.807) is 13.0 Å². The maximum atomic E-state index is 10.00. The van der Waals surface area contributed by atoms with E-state index in [4.69, 9.17) is 10.5 Å².